The molecule has 0 spiro atoms. The van der Waals surface area contributed by atoms with E-state index in [0.29, 0.717) is 31.8 Å². The highest BCUT2D eigenvalue weighted by Gasteiger charge is 2.35. The molecule has 0 unspecified atom stereocenters. The second-order valence-corrected chi connectivity index (χ2v) is 7.66. The van der Waals surface area contributed by atoms with Crippen LogP contribution >= 0.6 is 0 Å². The van der Waals surface area contributed by atoms with Gasteiger partial charge in [-0.3, -0.25) is 4.79 Å². The Morgan fingerprint density at radius 1 is 1.33 bits per heavy atom. The van der Waals surface area contributed by atoms with Crippen molar-refractivity contribution in [1.82, 2.24) is 20.2 Å². The fraction of sp³-hybridized carbons (Fsp3) is 0.722. The normalized spacial score (nSPS) is 20.4. The molecular formula is C18H30N4O5. The van der Waals surface area contributed by atoms with Gasteiger partial charge in [0.2, 0.25) is 0 Å². The molecule has 1 aliphatic heterocycles. The Labute approximate surface area is 159 Å². The average molecular weight is 382 g/mol. The van der Waals surface area contributed by atoms with Crippen molar-refractivity contribution in [3.8, 4) is 0 Å². The molecule has 2 heterocycles. The van der Waals surface area contributed by atoms with Gasteiger partial charge in [-0.05, 0) is 34.1 Å². The third-order valence-corrected chi connectivity index (χ3v) is 4.31. The lowest BCUT2D eigenvalue weighted by atomic mass is 10.0. The molecule has 0 radical (unpaired) electrons. The van der Waals surface area contributed by atoms with E-state index in [1.807, 2.05) is 27.7 Å². The summed E-state index contributed by atoms with van der Waals surface area (Å²) in [6.07, 6.45) is -0.140. The van der Waals surface area contributed by atoms with Crippen LogP contribution in [0.25, 0.3) is 0 Å². The fourth-order valence-electron chi connectivity index (χ4n) is 2.93. The number of H-pyrrole nitrogens is 1. The summed E-state index contributed by atoms with van der Waals surface area (Å²) in [7, 11) is 3.14. The summed E-state index contributed by atoms with van der Waals surface area (Å²) < 4.78 is 16.0. The lowest BCUT2D eigenvalue weighted by Gasteiger charge is -2.38. The minimum atomic E-state index is -0.554. The van der Waals surface area contributed by atoms with Crippen LogP contribution in [0.1, 0.15) is 49.2 Å². The Hall–Kier alpha value is -2.13. The highest BCUT2D eigenvalue weighted by molar-refractivity contribution is 5.91. The van der Waals surface area contributed by atoms with Crippen LogP contribution in [0.2, 0.25) is 0 Å². The molecule has 1 fully saturated rings. The molecule has 9 nitrogen and oxygen atoms in total. The van der Waals surface area contributed by atoms with Gasteiger partial charge in [-0.1, -0.05) is 0 Å². The topological polar surface area (TPSA) is 106 Å². The molecule has 27 heavy (non-hydrogen) atoms. The van der Waals surface area contributed by atoms with E-state index in [9.17, 15) is 9.59 Å². The predicted octanol–water partition coefficient (Wildman–Crippen LogP) is 1.62. The van der Waals surface area contributed by atoms with Gasteiger partial charge < -0.3 is 29.4 Å². The summed E-state index contributed by atoms with van der Waals surface area (Å²) in [5.41, 5.74) is 0.942. The quantitative estimate of drug-likeness (QED) is 0.802. The number of imidazole rings is 1. The third kappa shape index (κ3) is 5.67. The summed E-state index contributed by atoms with van der Waals surface area (Å²) in [5, 5.41) is 2.95. The van der Waals surface area contributed by atoms with E-state index in [-0.39, 0.29) is 30.0 Å². The van der Waals surface area contributed by atoms with Crippen LogP contribution in [0, 0.1) is 6.92 Å². The molecular weight excluding hydrogens is 352 g/mol. The second-order valence-electron chi connectivity index (χ2n) is 7.66. The average Bonchev–Trinajstić information content (AvgIpc) is 2.95. The van der Waals surface area contributed by atoms with Crippen LogP contribution in [0.4, 0.5) is 4.79 Å². The van der Waals surface area contributed by atoms with Crippen molar-refractivity contribution < 1.29 is 23.8 Å². The molecule has 1 saturated heterocycles. The molecule has 2 rings (SSSR count). The zero-order valence-electron chi connectivity index (χ0n) is 16.9. The van der Waals surface area contributed by atoms with Gasteiger partial charge in [0.1, 0.15) is 5.60 Å². The van der Waals surface area contributed by atoms with Crippen molar-refractivity contribution in [3.05, 3.63) is 17.2 Å². The Balaban J connectivity index is 1.98. The van der Waals surface area contributed by atoms with E-state index in [4.69, 9.17) is 14.2 Å². The molecule has 2 N–H and O–H groups in total. The van der Waals surface area contributed by atoms with Crippen LogP contribution in [-0.4, -0.2) is 71.9 Å². The van der Waals surface area contributed by atoms with Gasteiger partial charge in [0.15, 0.2) is 5.82 Å². The van der Waals surface area contributed by atoms with E-state index in [2.05, 4.69) is 15.3 Å². The maximum atomic E-state index is 12.5. The summed E-state index contributed by atoms with van der Waals surface area (Å²) in [5.74, 6) is -0.0674. The molecule has 0 aromatic carbocycles. The van der Waals surface area contributed by atoms with Crippen LogP contribution < -0.4 is 5.32 Å². The monoisotopic (exact) mass is 382 g/mol. The van der Waals surface area contributed by atoms with Crippen LogP contribution in [-0.2, 0) is 20.8 Å². The van der Waals surface area contributed by atoms with Gasteiger partial charge in [-0.25, -0.2) is 9.78 Å². The van der Waals surface area contributed by atoms with E-state index >= 15 is 0 Å². The van der Waals surface area contributed by atoms with Gasteiger partial charge in [-0.2, -0.15) is 0 Å². The number of methoxy groups -OCH3 is 2. The van der Waals surface area contributed by atoms with Crippen LogP contribution in [0.3, 0.4) is 0 Å². The summed E-state index contributed by atoms with van der Waals surface area (Å²) >= 11 is 0. The number of nitrogens with zero attached hydrogens (tertiary/aromatic N) is 2. The fourth-order valence-corrected chi connectivity index (χ4v) is 2.93. The Morgan fingerprint density at radius 3 is 2.63 bits per heavy atom. The number of carbonyl (C=O) groups excluding carboxylic acids is 2. The molecule has 2 atom stereocenters. The largest absolute Gasteiger partial charge is 0.444 e. The van der Waals surface area contributed by atoms with Crippen LogP contribution in [0.15, 0.2) is 0 Å². The highest BCUT2D eigenvalue weighted by Crippen LogP contribution is 2.18. The Kier molecular flexibility index (Phi) is 6.83. The molecule has 0 aliphatic carbocycles. The van der Waals surface area contributed by atoms with Gasteiger partial charge >= 0.3 is 6.09 Å². The zero-order valence-corrected chi connectivity index (χ0v) is 16.9. The first-order chi connectivity index (χ1) is 12.6. The number of hydrogen-bond donors (Lipinski definition) is 2. The molecule has 0 saturated carbocycles. The van der Waals surface area contributed by atoms with Gasteiger partial charge in [0, 0.05) is 26.5 Å². The summed E-state index contributed by atoms with van der Waals surface area (Å²) in [4.78, 5) is 33.7. The number of likely N-dealkylation sites (tertiary alicyclic amines) is 1. The van der Waals surface area contributed by atoms with Crippen molar-refractivity contribution in [2.75, 3.05) is 27.3 Å². The number of rotatable bonds is 5. The van der Waals surface area contributed by atoms with E-state index in [1.165, 1.54) is 0 Å². The lowest BCUT2D eigenvalue weighted by Crippen LogP contribution is -2.56. The number of aromatic amines is 1. The number of aromatic nitrogens is 2. The standard InChI is InChI=1S/C18H30N4O5/c1-11-13(10-25-5)20-15(19-11)16(23)21-12-7-8-22(9-14(12)26-6)17(24)27-18(2,3)4/h12,14H,7-10H2,1-6H3,(H,19,20)(H,21,23)/t12-,14+/m1/s1. The maximum absolute atomic E-state index is 12.5. The maximum Gasteiger partial charge on any atom is 0.410 e. The van der Waals surface area contributed by atoms with E-state index in [0.717, 1.165) is 5.69 Å². The first-order valence-corrected chi connectivity index (χ1v) is 9.00. The van der Waals surface area contributed by atoms with Gasteiger partial charge in [-0.15, -0.1) is 0 Å². The highest BCUT2D eigenvalue weighted by atomic mass is 16.6. The van der Waals surface area contributed by atoms with Crippen molar-refractivity contribution in [2.24, 2.45) is 0 Å². The molecule has 152 valence electrons. The zero-order chi connectivity index (χ0) is 20.2. The number of carbonyl (C=O) groups is 2. The summed E-state index contributed by atoms with van der Waals surface area (Å²) in [6.45, 7) is 8.49. The Morgan fingerprint density at radius 2 is 2.04 bits per heavy atom. The molecule has 1 aliphatic rings. The van der Waals surface area contributed by atoms with Gasteiger partial charge in [0.05, 0.1) is 31.0 Å². The van der Waals surface area contributed by atoms with Crippen molar-refractivity contribution >= 4 is 12.0 Å². The number of aryl methyl sites for hydroxylation is 1. The minimum absolute atomic E-state index is 0.225. The van der Waals surface area contributed by atoms with E-state index < -0.39 is 5.60 Å². The summed E-state index contributed by atoms with van der Waals surface area (Å²) in [6, 6.07) is -0.225. The predicted molar refractivity (Wildman–Crippen MR) is 98.5 cm³/mol. The van der Waals surface area contributed by atoms with Crippen LogP contribution in [0.5, 0.6) is 0 Å². The van der Waals surface area contributed by atoms with E-state index in [1.54, 1.807) is 19.1 Å². The van der Waals surface area contributed by atoms with Crippen molar-refractivity contribution in [3.63, 3.8) is 0 Å². The molecule has 9 heteroatoms. The lowest BCUT2D eigenvalue weighted by molar-refractivity contribution is -0.0172. The first-order valence-electron chi connectivity index (χ1n) is 9.00. The number of ether oxygens (including phenoxy) is 3. The molecule has 2 amide bonds. The number of amides is 2. The number of nitrogens with one attached hydrogen (secondary N) is 2. The van der Waals surface area contributed by atoms with Crippen molar-refractivity contribution in [2.45, 2.75) is 58.5 Å². The molecule has 1 aromatic heterocycles. The molecule has 1 aromatic rings. The number of hydrogen-bond acceptors (Lipinski definition) is 6. The first kappa shape index (κ1) is 21.2. The number of piperidine rings is 1. The smallest absolute Gasteiger partial charge is 0.410 e. The Bertz CT molecular complexity index is 667. The minimum Gasteiger partial charge on any atom is -0.444 e. The SMILES string of the molecule is COCc1nc(C(=O)N[C@@H]2CCN(C(=O)OC(C)(C)C)C[C@@H]2OC)[nH]c1C. The van der Waals surface area contributed by atoms with Crippen molar-refractivity contribution in [1.29, 1.82) is 0 Å². The third-order valence-electron chi connectivity index (χ3n) is 4.31. The van der Waals surface area contributed by atoms with Gasteiger partial charge in [0.25, 0.3) is 5.91 Å². The molecule has 0 bridgehead atoms. The second kappa shape index (κ2) is 8.71.